The van der Waals surface area contributed by atoms with E-state index >= 15 is 0 Å². The van der Waals surface area contributed by atoms with Crippen LogP contribution in [-0.4, -0.2) is 20.2 Å². The quantitative estimate of drug-likeness (QED) is 0.476. The lowest BCUT2D eigenvalue weighted by Crippen LogP contribution is -2.19. The second-order valence-corrected chi connectivity index (χ2v) is 4.77. The standard InChI is InChI=1S/C13H13N7/c14-18-13-16-11-10(5-15-19-11)12(17-13)20-6-8-3-1-2-4-9(8)7-20/h1-5H,6-7,14H2,(H2,15,16,17,18,19). The molecule has 7 nitrogen and oxygen atoms in total. The summed E-state index contributed by atoms with van der Waals surface area (Å²) in [5.74, 6) is 6.66. The minimum absolute atomic E-state index is 0.382. The lowest BCUT2D eigenvalue weighted by atomic mass is 10.1. The van der Waals surface area contributed by atoms with Crippen molar-refractivity contribution in [3.63, 3.8) is 0 Å². The van der Waals surface area contributed by atoms with Crippen molar-refractivity contribution in [3.05, 3.63) is 41.6 Å². The minimum Gasteiger partial charge on any atom is -0.347 e. The van der Waals surface area contributed by atoms with Gasteiger partial charge in [0, 0.05) is 13.1 Å². The van der Waals surface area contributed by atoms with E-state index in [0.29, 0.717) is 11.6 Å². The third kappa shape index (κ3) is 1.60. The normalized spacial score (nSPS) is 13.8. The molecule has 0 fully saturated rings. The lowest BCUT2D eigenvalue weighted by molar-refractivity contribution is 0.860. The molecule has 0 unspecified atom stereocenters. The fourth-order valence-corrected chi connectivity index (χ4v) is 2.61. The Morgan fingerprint density at radius 2 is 1.90 bits per heavy atom. The van der Waals surface area contributed by atoms with Crippen LogP contribution in [0.15, 0.2) is 30.5 Å². The number of hydrazine groups is 1. The van der Waals surface area contributed by atoms with E-state index in [0.717, 1.165) is 24.3 Å². The molecule has 1 aromatic carbocycles. The molecule has 0 radical (unpaired) electrons. The molecular weight excluding hydrogens is 254 g/mol. The number of nitrogens with zero attached hydrogens (tertiary/aromatic N) is 4. The number of fused-ring (bicyclic) bond motifs is 2. The Bertz CT molecular complexity index is 754. The highest BCUT2D eigenvalue weighted by molar-refractivity contribution is 5.87. The Hall–Kier alpha value is -2.67. The van der Waals surface area contributed by atoms with Gasteiger partial charge in [-0.05, 0) is 11.1 Å². The van der Waals surface area contributed by atoms with E-state index in [9.17, 15) is 0 Å². The van der Waals surface area contributed by atoms with Gasteiger partial charge < -0.3 is 4.90 Å². The number of rotatable bonds is 2. The SMILES string of the molecule is NNc1nc(N2Cc3ccccc3C2)c2cn[nH]c2n1. The molecule has 3 heterocycles. The maximum atomic E-state index is 5.43. The summed E-state index contributed by atoms with van der Waals surface area (Å²) in [6.07, 6.45) is 1.74. The molecule has 0 saturated heterocycles. The number of benzene rings is 1. The average molecular weight is 267 g/mol. The highest BCUT2D eigenvalue weighted by Gasteiger charge is 2.22. The van der Waals surface area contributed by atoms with Gasteiger partial charge in [-0.15, -0.1) is 0 Å². The number of nitrogens with two attached hydrogens (primary N) is 1. The van der Waals surface area contributed by atoms with Gasteiger partial charge in [0.1, 0.15) is 5.82 Å². The van der Waals surface area contributed by atoms with Crippen LogP contribution in [0.1, 0.15) is 11.1 Å². The maximum Gasteiger partial charge on any atom is 0.241 e. The summed E-state index contributed by atoms with van der Waals surface area (Å²) in [6.45, 7) is 1.66. The van der Waals surface area contributed by atoms with E-state index in [1.165, 1.54) is 11.1 Å². The lowest BCUT2D eigenvalue weighted by Gasteiger charge is -2.17. The molecule has 0 atom stereocenters. The van der Waals surface area contributed by atoms with E-state index in [2.05, 4.69) is 54.8 Å². The van der Waals surface area contributed by atoms with Crippen LogP contribution in [0, 0.1) is 0 Å². The average Bonchev–Trinajstić information content (AvgIpc) is 3.12. The zero-order valence-corrected chi connectivity index (χ0v) is 10.7. The molecule has 1 aliphatic rings. The first-order chi connectivity index (χ1) is 9.85. The Labute approximate surface area is 114 Å². The third-order valence-corrected chi connectivity index (χ3v) is 3.56. The van der Waals surface area contributed by atoms with Crippen LogP contribution in [0.3, 0.4) is 0 Å². The van der Waals surface area contributed by atoms with E-state index in [1.807, 2.05) is 0 Å². The van der Waals surface area contributed by atoms with Gasteiger partial charge in [-0.3, -0.25) is 10.5 Å². The second kappa shape index (κ2) is 4.17. The summed E-state index contributed by atoms with van der Waals surface area (Å²) >= 11 is 0. The summed E-state index contributed by atoms with van der Waals surface area (Å²) in [7, 11) is 0. The molecular formula is C13H13N7. The Morgan fingerprint density at radius 1 is 1.15 bits per heavy atom. The Morgan fingerprint density at radius 3 is 2.60 bits per heavy atom. The van der Waals surface area contributed by atoms with Crippen LogP contribution >= 0.6 is 0 Å². The number of hydrogen-bond acceptors (Lipinski definition) is 6. The molecule has 7 heteroatoms. The molecule has 0 bridgehead atoms. The summed E-state index contributed by atoms with van der Waals surface area (Å²) in [5, 5.41) is 7.79. The predicted molar refractivity (Wildman–Crippen MR) is 75.8 cm³/mol. The van der Waals surface area contributed by atoms with E-state index < -0.39 is 0 Å². The summed E-state index contributed by atoms with van der Waals surface area (Å²) in [6, 6.07) is 8.40. The number of H-pyrrole nitrogens is 1. The molecule has 0 saturated carbocycles. The molecule has 100 valence electrons. The first-order valence-electron chi connectivity index (χ1n) is 6.34. The van der Waals surface area contributed by atoms with Gasteiger partial charge in [0.2, 0.25) is 5.95 Å². The fraction of sp³-hybridized carbons (Fsp3) is 0.154. The first-order valence-corrected chi connectivity index (χ1v) is 6.34. The van der Waals surface area contributed by atoms with Gasteiger partial charge in [-0.1, -0.05) is 24.3 Å². The number of aromatic amines is 1. The van der Waals surface area contributed by atoms with Crippen LogP contribution in [0.4, 0.5) is 11.8 Å². The third-order valence-electron chi connectivity index (χ3n) is 3.56. The van der Waals surface area contributed by atoms with Crippen LogP contribution < -0.4 is 16.2 Å². The summed E-state index contributed by atoms with van der Waals surface area (Å²) in [4.78, 5) is 10.9. The summed E-state index contributed by atoms with van der Waals surface area (Å²) in [5.41, 5.74) is 5.82. The molecule has 0 spiro atoms. The monoisotopic (exact) mass is 267 g/mol. The topological polar surface area (TPSA) is 95.7 Å². The number of aromatic nitrogens is 4. The smallest absolute Gasteiger partial charge is 0.241 e. The van der Waals surface area contributed by atoms with Gasteiger partial charge in [-0.2, -0.15) is 15.1 Å². The largest absolute Gasteiger partial charge is 0.347 e. The first kappa shape index (κ1) is 11.2. The van der Waals surface area contributed by atoms with E-state index in [-0.39, 0.29) is 0 Å². The molecule has 4 N–H and O–H groups in total. The van der Waals surface area contributed by atoms with Crippen molar-refractivity contribution in [2.75, 3.05) is 10.3 Å². The van der Waals surface area contributed by atoms with E-state index in [4.69, 9.17) is 5.84 Å². The minimum atomic E-state index is 0.382. The molecule has 3 aromatic rings. The van der Waals surface area contributed by atoms with Crippen molar-refractivity contribution in [2.24, 2.45) is 5.84 Å². The zero-order chi connectivity index (χ0) is 13.5. The molecule has 2 aromatic heterocycles. The van der Waals surface area contributed by atoms with Crippen LogP contribution in [0.25, 0.3) is 11.0 Å². The summed E-state index contributed by atoms with van der Waals surface area (Å²) < 4.78 is 0. The molecule has 0 aliphatic carbocycles. The van der Waals surface area contributed by atoms with Crippen LogP contribution in [0.5, 0.6) is 0 Å². The molecule has 4 rings (SSSR count). The van der Waals surface area contributed by atoms with E-state index in [1.54, 1.807) is 6.20 Å². The molecule has 20 heavy (non-hydrogen) atoms. The van der Waals surface area contributed by atoms with Crippen molar-refractivity contribution in [1.29, 1.82) is 0 Å². The fourth-order valence-electron chi connectivity index (χ4n) is 2.61. The van der Waals surface area contributed by atoms with Gasteiger partial charge in [0.15, 0.2) is 5.65 Å². The van der Waals surface area contributed by atoms with Gasteiger partial charge in [0.25, 0.3) is 0 Å². The zero-order valence-electron chi connectivity index (χ0n) is 10.7. The number of nitrogen functional groups attached to an aromatic ring is 1. The second-order valence-electron chi connectivity index (χ2n) is 4.77. The van der Waals surface area contributed by atoms with Crippen molar-refractivity contribution < 1.29 is 0 Å². The van der Waals surface area contributed by atoms with Gasteiger partial charge in [0.05, 0.1) is 11.6 Å². The van der Waals surface area contributed by atoms with Gasteiger partial charge in [-0.25, -0.2) is 5.84 Å². The van der Waals surface area contributed by atoms with Crippen LogP contribution in [0.2, 0.25) is 0 Å². The van der Waals surface area contributed by atoms with Gasteiger partial charge >= 0.3 is 0 Å². The Kier molecular flexibility index (Phi) is 2.33. The highest BCUT2D eigenvalue weighted by Crippen LogP contribution is 2.31. The number of nitrogens with one attached hydrogen (secondary N) is 2. The number of anilines is 2. The molecule has 1 aliphatic heterocycles. The predicted octanol–water partition coefficient (Wildman–Crippen LogP) is 1.16. The maximum absolute atomic E-state index is 5.43. The van der Waals surface area contributed by atoms with Crippen molar-refractivity contribution in [3.8, 4) is 0 Å². The van der Waals surface area contributed by atoms with Crippen molar-refractivity contribution in [1.82, 2.24) is 20.2 Å². The van der Waals surface area contributed by atoms with Crippen LogP contribution in [-0.2, 0) is 13.1 Å². The highest BCUT2D eigenvalue weighted by atomic mass is 15.3. The van der Waals surface area contributed by atoms with Crippen molar-refractivity contribution in [2.45, 2.75) is 13.1 Å². The Balaban J connectivity index is 1.82. The van der Waals surface area contributed by atoms with Crippen molar-refractivity contribution >= 4 is 22.8 Å². The number of hydrogen-bond donors (Lipinski definition) is 3. The molecule has 0 amide bonds.